The normalized spacial score (nSPS) is 10.5. The molecule has 0 saturated heterocycles. The van der Waals surface area contributed by atoms with Crippen molar-refractivity contribution in [2.45, 2.75) is 13.1 Å². The van der Waals surface area contributed by atoms with Crippen molar-refractivity contribution in [3.05, 3.63) is 71.8 Å². The number of nitrogens with zero attached hydrogens (tertiary/aromatic N) is 1. The molecule has 140 valence electrons. The molecule has 27 heavy (non-hydrogen) atoms. The lowest BCUT2D eigenvalue weighted by atomic mass is 10.1. The Balaban J connectivity index is 1.58. The van der Waals surface area contributed by atoms with Crippen molar-refractivity contribution < 1.29 is 14.3 Å². The van der Waals surface area contributed by atoms with Crippen LogP contribution >= 0.6 is 0 Å². The first-order chi connectivity index (χ1) is 13.1. The summed E-state index contributed by atoms with van der Waals surface area (Å²) < 4.78 is 10.4. The average Bonchev–Trinajstić information content (AvgIpc) is 2.71. The summed E-state index contributed by atoms with van der Waals surface area (Å²) in [6, 6.07) is 19.7. The smallest absolute Gasteiger partial charge is 0.317 e. The average molecular weight is 364 g/mol. The molecule has 0 atom stereocenters. The van der Waals surface area contributed by atoms with Gasteiger partial charge >= 0.3 is 6.03 Å². The first-order valence-corrected chi connectivity index (χ1v) is 8.77. The number of ether oxygens (including phenoxy) is 2. The summed E-state index contributed by atoms with van der Waals surface area (Å²) in [5.74, 6) is 1.64. The molecule has 0 heterocycles. The lowest BCUT2D eigenvalue weighted by Crippen LogP contribution is -2.36. The molecule has 0 radical (unpaired) electrons. The van der Waals surface area contributed by atoms with E-state index in [-0.39, 0.29) is 6.03 Å². The summed E-state index contributed by atoms with van der Waals surface area (Å²) in [6.07, 6.45) is 0. The van der Waals surface area contributed by atoms with Gasteiger partial charge in [0.25, 0.3) is 0 Å². The quantitative estimate of drug-likeness (QED) is 0.713. The lowest BCUT2D eigenvalue weighted by Gasteiger charge is -2.18. The fourth-order valence-corrected chi connectivity index (χ4v) is 2.90. The van der Waals surface area contributed by atoms with Crippen molar-refractivity contribution >= 4 is 16.8 Å². The predicted octanol–water partition coefficient (Wildman–Crippen LogP) is 4.20. The monoisotopic (exact) mass is 364 g/mol. The third kappa shape index (κ3) is 4.70. The van der Waals surface area contributed by atoms with Crippen molar-refractivity contribution in [2.75, 3.05) is 21.3 Å². The summed E-state index contributed by atoms with van der Waals surface area (Å²) >= 11 is 0. The van der Waals surface area contributed by atoms with E-state index in [9.17, 15) is 4.79 Å². The Labute approximate surface area is 159 Å². The van der Waals surface area contributed by atoms with Crippen molar-refractivity contribution in [3.8, 4) is 11.5 Å². The van der Waals surface area contributed by atoms with Crippen molar-refractivity contribution in [2.24, 2.45) is 0 Å². The van der Waals surface area contributed by atoms with E-state index in [0.717, 1.165) is 33.4 Å². The molecule has 5 nitrogen and oxygen atoms in total. The number of urea groups is 1. The van der Waals surface area contributed by atoms with Gasteiger partial charge in [0, 0.05) is 20.1 Å². The van der Waals surface area contributed by atoms with Gasteiger partial charge in [0.15, 0.2) is 0 Å². The number of benzene rings is 3. The first kappa shape index (κ1) is 18.6. The Hall–Kier alpha value is -3.21. The second-order valence-electron chi connectivity index (χ2n) is 6.41. The van der Waals surface area contributed by atoms with Crippen LogP contribution in [0.5, 0.6) is 11.5 Å². The molecule has 0 aliphatic carbocycles. The Kier molecular flexibility index (Phi) is 5.81. The maximum atomic E-state index is 12.4. The highest BCUT2D eigenvalue weighted by molar-refractivity contribution is 5.84. The molecule has 2 amide bonds. The van der Waals surface area contributed by atoms with Gasteiger partial charge in [-0.3, -0.25) is 0 Å². The Bertz CT molecular complexity index is 922. The molecular weight excluding hydrogens is 340 g/mol. The number of methoxy groups -OCH3 is 2. The van der Waals surface area contributed by atoms with Crippen LogP contribution in [0.1, 0.15) is 11.1 Å². The van der Waals surface area contributed by atoms with Gasteiger partial charge in [-0.1, -0.05) is 30.3 Å². The zero-order valence-corrected chi connectivity index (χ0v) is 15.9. The van der Waals surface area contributed by atoms with Crippen LogP contribution in [0.4, 0.5) is 4.79 Å². The number of hydrogen-bond donors (Lipinski definition) is 1. The van der Waals surface area contributed by atoms with Gasteiger partial charge in [-0.15, -0.1) is 0 Å². The van der Waals surface area contributed by atoms with Crippen molar-refractivity contribution in [1.29, 1.82) is 0 Å². The van der Waals surface area contributed by atoms with Crippen LogP contribution in [0, 0.1) is 0 Å². The summed E-state index contributed by atoms with van der Waals surface area (Å²) in [7, 11) is 5.08. The van der Waals surface area contributed by atoms with Gasteiger partial charge in [0.1, 0.15) is 11.5 Å². The van der Waals surface area contributed by atoms with Crippen molar-refractivity contribution in [3.63, 3.8) is 0 Å². The molecular formula is C22H24N2O3. The SMILES string of the molecule is COc1ccc(CN(C)C(=O)NCc2ccc3cc(OC)ccc3c2)cc1. The number of amides is 2. The summed E-state index contributed by atoms with van der Waals surface area (Å²) in [5, 5.41) is 5.20. The minimum absolute atomic E-state index is 0.111. The van der Waals surface area contributed by atoms with Gasteiger partial charge in [0.2, 0.25) is 0 Å². The number of carbonyl (C=O) groups excluding carboxylic acids is 1. The largest absolute Gasteiger partial charge is 0.497 e. The van der Waals surface area contributed by atoms with Crippen LogP contribution in [0.2, 0.25) is 0 Å². The van der Waals surface area contributed by atoms with E-state index < -0.39 is 0 Å². The molecule has 0 unspecified atom stereocenters. The van der Waals surface area contributed by atoms with Crippen LogP contribution < -0.4 is 14.8 Å². The van der Waals surface area contributed by atoms with Crippen LogP contribution in [0.25, 0.3) is 10.8 Å². The maximum Gasteiger partial charge on any atom is 0.317 e. The molecule has 3 aromatic rings. The molecule has 1 N–H and O–H groups in total. The number of carbonyl (C=O) groups is 1. The lowest BCUT2D eigenvalue weighted by molar-refractivity contribution is 0.206. The van der Waals surface area contributed by atoms with Gasteiger partial charge < -0.3 is 19.7 Å². The minimum Gasteiger partial charge on any atom is -0.497 e. The topological polar surface area (TPSA) is 50.8 Å². The molecule has 0 aromatic heterocycles. The third-order valence-corrected chi connectivity index (χ3v) is 4.48. The molecule has 5 heteroatoms. The molecule has 0 aliphatic rings. The molecule has 0 fully saturated rings. The Morgan fingerprint density at radius 1 is 0.852 bits per heavy atom. The highest BCUT2D eigenvalue weighted by Gasteiger charge is 2.09. The Morgan fingerprint density at radius 3 is 2.15 bits per heavy atom. The molecule has 0 bridgehead atoms. The zero-order valence-electron chi connectivity index (χ0n) is 15.9. The highest BCUT2D eigenvalue weighted by Crippen LogP contribution is 2.22. The zero-order chi connectivity index (χ0) is 19.2. The van der Waals surface area contributed by atoms with E-state index >= 15 is 0 Å². The Morgan fingerprint density at radius 2 is 1.44 bits per heavy atom. The van der Waals surface area contributed by atoms with Gasteiger partial charge in [-0.2, -0.15) is 0 Å². The standard InChI is InChI=1S/C22H24N2O3/c1-24(15-16-5-9-20(26-2)10-6-16)22(25)23-14-17-4-7-19-13-21(27-3)11-8-18(19)12-17/h4-13H,14-15H2,1-3H3,(H,23,25). The van der Waals surface area contributed by atoms with E-state index in [2.05, 4.69) is 11.4 Å². The second-order valence-corrected chi connectivity index (χ2v) is 6.41. The molecule has 0 aliphatic heterocycles. The molecule has 0 spiro atoms. The second kappa shape index (κ2) is 8.45. The molecule has 3 aromatic carbocycles. The highest BCUT2D eigenvalue weighted by atomic mass is 16.5. The van der Waals surface area contributed by atoms with Crippen LogP contribution in [0.3, 0.4) is 0 Å². The first-order valence-electron chi connectivity index (χ1n) is 8.77. The molecule has 0 saturated carbocycles. The summed E-state index contributed by atoms with van der Waals surface area (Å²) in [4.78, 5) is 14.0. The van der Waals surface area contributed by atoms with Gasteiger partial charge in [-0.25, -0.2) is 4.79 Å². The minimum atomic E-state index is -0.111. The van der Waals surface area contributed by atoms with Crippen molar-refractivity contribution in [1.82, 2.24) is 10.2 Å². The third-order valence-electron chi connectivity index (χ3n) is 4.48. The summed E-state index contributed by atoms with van der Waals surface area (Å²) in [5.41, 5.74) is 2.10. The maximum absolute atomic E-state index is 12.4. The van der Waals surface area contributed by atoms with E-state index in [0.29, 0.717) is 13.1 Å². The van der Waals surface area contributed by atoms with E-state index in [1.807, 2.05) is 54.6 Å². The number of nitrogens with one attached hydrogen (secondary N) is 1. The van der Waals surface area contributed by atoms with Gasteiger partial charge in [0.05, 0.1) is 14.2 Å². The van der Waals surface area contributed by atoms with Crippen LogP contribution in [-0.4, -0.2) is 32.2 Å². The fourth-order valence-electron chi connectivity index (χ4n) is 2.90. The predicted molar refractivity (Wildman–Crippen MR) is 107 cm³/mol. The fraction of sp³-hybridized carbons (Fsp3) is 0.227. The number of hydrogen-bond acceptors (Lipinski definition) is 3. The van der Waals surface area contributed by atoms with E-state index in [1.165, 1.54) is 0 Å². The van der Waals surface area contributed by atoms with Crippen LogP contribution in [0.15, 0.2) is 60.7 Å². The summed E-state index contributed by atoms with van der Waals surface area (Å²) in [6.45, 7) is 1.01. The number of fused-ring (bicyclic) bond motifs is 1. The number of rotatable bonds is 6. The van der Waals surface area contributed by atoms with Crippen LogP contribution in [-0.2, 0) is 13.1 Å². The molecule has 3 rings (SSSR count). The van der Waals surface area contributed by atoms with E-state index in [4.69, 9.17) is 9.47 Å². The van der Waals surface area contributed by atoms with Gasteiger partial charge in [-0.05, 0) is 52.2 Å². The van der Waals surface area contributed by atoms with E-state index in [1.54, 1.807) is 26.2 Å².